The molecule has 5 rings (SSSR count). The molecule has 0 spiro atoms. The average Bonchev–Trinajstić information content (AvgIpc) is 2.74. The Morgan fingerprint density at radius 1 is 0.500 bits per heavy atom. The van der Waals surface area contributed by atoms with Gasteiger partial charge in [0.1, 0.15) is 5.82 Å². The van der Waals surface area contributed by atoms with Gasteiger partial charge in [-0.15, -0.1) is 0 Å². The van der Waals surface area contributed by atoms with Crippen LogP contribution in [0.3, 0.4) is 0 Å². The monoisotopic (exact) mass is 382 g/mol. The van der Waals surface area contributed by atoms with Crippen molar-refractivity contribution in [2.24, 2.45) is 0 Å². The first-order chi connectivity index (χ1) is 13.7. The Morgan fingerprint density at radius 2 is 0.964 bits per heavy atom. The maximum Gasteiger partial charge on any atom is 0.141 e. The zero-order valence-electron chi connectivity index (χ0n) is 15.0. The van der Waals surface area contributed by atoms with Crippen LogP contribution in [-0.2, 0) is 0 Å². The Labute approximate surface area is 167 Å². The van der Waals surface area contributed by atoms with Gasteiger partial charge in [-0.25, -0.2) is 4.39 Å². The lowest BCUT2D eigenvalue weighted by Gasteiger charge is -2.17. The normalized spacial score (nSPS) is 11.2. The van der Waals surface area contributed by atoms with E-state index in [1.54, 1.807) is 12.1 Å². The quantitative estimate of drug-likeness (QED) is 0.270. The second kappa shape index (κ2) is 6.78. The summed E-state index contributed by atoms with van der Waals surface area (Å²) < 4.78 is 13.8. The predicted molar refractivity (Wildman–Crippen MR) is 117 cm³/mol. The molecule has 0 saturated heterocycles. The maximum atomic E-state index is 13.8. The summed E-state index contributed by atoms with van der Waals surface area (Å²) in [4.78, 5) is 0. The minimum Gasteiger partial charge on any atom is -0.205 e. The Bertz CT molecular complexity index is 1270. The highest BCUT2D eigenvalue weighted by Gasteiger charge is 2.16. The molecule has 0 aliphatic rings. The van der Waals surface area contributed by atoms with E-state index in [4.69, 9.17) is 11.6 Å². The summed E-state index contributed by atoms with van der Waals surface area (Å²) >= 11 is 6.12. The second-order valence-electron chi connectivity index (χ2n) is 6.84. The van der Waals surface area contributed by atoms with Crippen molar-refractivity contribution in [3.8, 4) is 22.3 Å². The molecule has 0 nitrogen and oxygen atoms in total. The Kier molecular flexibility index (Phi) is 4.11. The molecule has 0 bridgehead atoms. The van der Waals surface area contributed by atoms with Crippen LogP contribution in [0.2, 0.25) is 5.02 Å². The molecule has 0 aliphatic carbocycles. The minimum atomic E-state index is -0.403. The Hall–Kier alpha value is -3.16. The minimum absolute atomic E-state index is 0.137. The van der Waals surface area contributed by atoms with Gasteiger partial charge in [-0.1, -0.05) is 96.5 Å². The van der Waals surface area contributed by atoms with Gasteiger partial charge in [0.25, 0.3) is 0 Å². The molecular formula is C26H16ClF. The summed E-state index contributed by atoms with van der Waals surface area (Å²) in [5, 5.41) is 4.73. The number of fused-ring (bicyclic) bond motifs is 2. The number of benzene rings is 5. The van der Waals surface area contributed by atoms with E-state index in [0.717, 1.165) is 21.9 Å². The maximum absolute atomic E-state index is 13.8. The summed E-state index contributed by atoms with van der Waals surface area (Å²) in [7, 11) is 0. The molecule has 0 fully saturated rings. The molecule has 134 valence electrons. The fraction of sp³-hybridized carbons (Fsp3) is 0. The van der Waals surface area contributed by atoms with Crippen LogP contribution in [0.5, 0.6) is 0 Å². The third-order valence-electron chi connectivity index (χ3n) is 5.20. The topological polar surface area (TPSA) is 0 Å². The first-order valence-electron chi connectivity index (χ1n) is 9.18. The summed E-state index contributed by atoms with van der Waals surface area (Å²) in [5.74, 6) is -0.403. The van der Waals surface area contributed by atoms with Crippen molar-refractivity contribution in [1.29, 1.82) is 0 Å². The van der Waals surface area contributed by atoms with E-state index in [0.29, 0.717) is 0 Å². The zero-order chi connectivity index (χ0) is 19.1. The van der Waals surface area contributed by atoms with Crippen molar-refractivity contribution in [1.82, 2.24) is 0 Å². The fourth-order valence-electron chi connectivity index (χ4n) is 4.01. The fourth-order valence-corrected chi connectivity index (χ4v) is 4.19. The lowest BCUT2D eigenvalue weighted by atomic mass is 9.86. The van der Waals surface area contributed by atoms with Gasteiger partial charge >= 0.3 is 0 Å². The van der Waals surface area contributed by atoms with Crippen LogP contribution < -0.4 is 0 Å². The Morgan fingerprint density at radius 3 is 1.46 bits per heavy atom. The van der Waals surface area contributed by atoms with Gasteiger partial charge in [0.2, 0.25) is 0 Å². The summed E-state index contributed by atoms with van der Waals surface area (Å²) in [6, 6.07) is 32.2. The zero-order valence-corrected chi connectivity index (χ0v) is 15.7. The molecule has 5 aromatic carbocycles. The number of hydrogen-bond acceptors (Lipinski definition) is 0. The first-order valence-corrected chi connectivity index (χ1v) is 9.56. The molecular weight excluding hydrogens is 367 g/mol. The molecule has 2 heteroatoms. The molecule has 0 heterocycles. The number of halogens is 2. The van der Waals surface area contributed by atoms with E-state index < -0.39 is 5.82 Å². The molecule has 0 aromatic heterocycles. The molecule has 0 saturated carbocycles. The van der Waals surface area contributed by atoms with Crippen molar-refractivity contribution in [2.75, 3.05) is 0 Å². The highest BCUT2D eigenvalue weighted by atomic mass is 35.5. The van der Waals surface area contributed by atoms with Crippen molar-refractivity contribution in [2.45, 2.75) is 0 Å². The van der Waals surface area contributed by atoms with Crippen LogP contribution in [0.15, 0.2) is 97.1 Å². The molecule has 0 radical (unpaired) electrons. The lowest BCUT2D eigenvalue weighted by Crippen LogP contribution is -1.91. The van der Waals surface area contributed by atoms with Crippen molar-refractivity contribution >= 4 is 33.1 Å². The van der Waals surface area contributed by atoms with E-state index >= 15 is 0 Å². The van der Waals surface area contributed by atoms with Gasteiger partial charge in [0.15, 0.2) is 0 Å². The molecule has 28 heavy (non-hydrogen) atoms. The summed E-state index contributed by atoms with van der Waals surface area (Å²) in [6.45, 7) is 0. The summed E-state index contributed by atoms with van der Waals surface area (Å²) in [5.41, 5.74) is 4.38. The standard InChI is InChI=1S/C26H16ClF/c27-23-16-18(14-15-24(23)28)26-21-12-6-4-10-19(21)25(17-8-2-1-3-9-17)20-11-5-7-13-22(20)26/h1-16H. The molecule has 0 atom stereocenters. The smallest absolute Gasteiger partial charge is 0.141 e. The van der Waals surface area contributed by atoms with E-state index in [2.05, 4.69) is 60.7 Å². The van der Waals surface area contributed by atoms with Gasteiger partial charge < -0.3 is 0 Å². The van der Waals surface area contributed by atoms with Crippen molar-refractivity contribution in [3.63, 3.8) is 0 Å². The molecule has 0 amide bonds. The van der Waals surface area contributed by atoms with Crippen LogP contribution in [0.1, 0.15) is 0 Å². The van der Waals surface area contributed by atoms with Gasteiger partial charge in [0, 0.05) is 0 Å². The summed E-state index contributed by atoms with van der Waals surface area (Å²) in [6.07, 6.45) is 0. The molecule has 0 N–H and O–H groups in total. The Balaban J connectivity index is 1.99. The number of hydrogen-bond donors (Lipinski definition) is 0. The van der Waals surface area contributed by atoms with Crippen LogP contribution in [0, 0.1) is 5.82 Å². The van der Waals surface area contributed by atoms with Crippen molar-refractivity contribution in [3.05, 3.63) is 108 Å². The highest BCUT2D eigenvalue weighted by molar-refractivity contribution is 6.31. The SMILES string of the molecule is Fc1ccc(-c2c3ccccc3c(-c3ccccc3)c3ccccc23)cc1Cl. The largest absolute Gasteiger partial charge is 0.205 e. The lowest BCUT2D eigenvalue weighted by molar-refractivity contribution is 0.628. The number of rotatable bonds is 2. The molecule has 0 unspecified atom stereocenters. The average molecular weight is 383 g/mol. The van der Waals surface area contributed by atoms with Crippen LogP contribution in [0.4, 0.5) is 4.39 Å². The van der Waals surface area contributed by atoms with Gasteiger partial charge in [-0.2, -0.15) is 0 Å². The molecule has 5 aromatic rings. The third kappa shape index (κ3) is 2.67. The van der Waals surface area contributed by atoms with Crippen molar-refractivity contribution < 1.29 is 4.39 Å². The van der Waals surface area contributed by atoms with Crippen LogP contribution >= 0.6 is 11.6 Å². The predicted octanol–water partition coefficient (Wildman–Crippen LogP) is 8.12. The van der Waals surface area contributed by atoms with Crippen LogP contribution in [-0.4, -0.2) is 0 Å². The van der Waals surface area contributed by atoms with E-state index in [1.165, 1.54) is 28.0 Å². The van der Waals surface area contributed by atoms with Gasteiger partial charge in [-0.05, 0) is 55.9 Å². The molecule has 0 aliphatic heterocycles. The van der Waals surface area contributed by atoms with Crippen LogP contribution in [0.25, 0.3) is 43.8 Å². The van der Waals surface area contributed by atoms with E-state index in [1.807, 2.05) is 18.2 Å². The van der Waals surface area contributed by atoms with Gasteiger partial charge in [0.05, 0.1) is 5.02 Å². The first kappa shape index (κ1) is 17.0. The van der Waals surface area contributed by atoms with E-state index in [9.17, 15) is 4.39 Å². The second-order valence-corrected chi connectivity index (χ2v) is 7.24. The highest BCUT2D eigenvalue weighted by Crippen LogP contribution is 2.43. The van der Waals surface area contributed by atoms with E-state index in [-0.39, 0.29) is 5.02 Å². The van der Waals surface area contributed by atoms with Gasteiger partial charge in [-0.3, -0.25) is 0 Å². The third-order valence-corrected chi connectivity index (χ3v) is 5.49.